The van der Waals surface area contributed by atoms with E-state index in [0.29, 0.717) is 0 Å². The van der Waals surface area contributed by atoms with Crippen LogP contribution in [0.15, 0.2) is 0 Å². The Morgan fingerprint density at radius 1 is 1.00 bits per heavy atom. The number of aliphatic carboxylic acids is 2. The van der Waals surface area contributed by atoms with Crippen molar-refractivity contribution in [3.63, 3.8) is 0 Å². The minimum Gasteiger partial charge on any atom is -0.481 e. The van der Waals surface area contributed by atoms with Crippen molar-refractivity contribution in [3.05, 3.63) is 0 Å². The molecule has 0 aromatic carbocycles. The lowest BCUT2D eigenvalue weighted by Crippen LogP contribution is -2.36. The maximum Gasteiger partial charge on any atom is 0.305 e. The highest BCUT2D eigenvalue weighted by molar-refractivity contribution is 5.67. The fourth-order valence-corrected chi connectivity index (χ4v) is 0.945. The highest BCUT2D eigenvalue weighted by Gasteiger charge is 2.21. The Morgan fingerprint density at radius 3 is 1.65 bits per heavy atom. The van der Waals surface area contributed by atoms with Gasteiger partial charge in [0, 0.05) is 0 Å². The van der Waals surface area contributed by atoms with Crippen LogP contribution in [0.1, 0.15) is 19.8 Å². The summed E-state index contributed by atoms with van der Waals surface area (Å²) in [6.45, 7) is 1.37. The molecule has 0 rings (SSSR count). The quantitative estimate of drug-likeness (QED) is 0.457. The Labute approximate surface area is 99.0 Å². The van der Waals surface area contributed by atoms with E-state index in [9.17, 15) is 14.7 Å². The normalized spacial score (nSPS) is 11.4. The van der Waals surface area contributed by atoms with Gasteiger partial charge in [0.1, 0.15) is 5.60 Å². The molecule has 0 aliphatic heterocycles. The van der Waals surface area contributed by atoms with Gasteiger partial charge in [0.25, 0.3) is 0 Å². The predicted molar refractivity (Wildman–Crippen MR) is 56.8 cm³/mol. The number of carboxylic acids is 2. The van der Waals surface area contributed by atoms with Crippen molar-refractivity contribution >= 4 is 11.9 Å². The predicted octanol–water partition coefficient (Wildman–Crippen LogP) is -0.280. The zero-order chi connectivity index (χ0) is 13.3. The van der Waals surface area contributed by atoms with Gasteiger partial charge >= 0.3 is 11.9 Å². The number of ether oxygens (including phenoxy) is 2. The molecular formula is C10H18O7. The molecule has 0 fully saturated rings. The van der Waals surface area contributed by atoms with Crippen LogP contribution < -0.4 is 0 Å². The van der Waals surface area contributed by atoms with Crippen LogP contribution in [0.2, 0.25) is 0 Å². The van der Waals surface area contributed by atoms with Crippen molar-refractivity contribution in [2.24, 2.45) is 0 Å². The molecule has 0 aliphatic rings. The van der Waals surface area contributed by atoms with E-state index in [-0.39, 0.29) is 39.3 Å². The number of hydrogen-bond donors (Lipinski definition) is 3. The van der Waals surface area contributed by atoms with Gasteiger partial charge in [-0.05, 0) is 6.92 Å². The molecule has 7 nitrogen and oxygen atoms in total. The van der Waals surface area contributed by atoms with Crippen LogP contribution in [-0.2, 0) is 19.1 Å². The average Bonchev–Trinajstić information content (AvgIpc) is 2.19. The summed E-state index contributed by atoms with van der Waals surface area (Å²) in [5, 5.41) is 26.4. The third kappa shape index (κ3) is 11.1. The van der Waals surface area contributed by atoms with E-state index >= 15 is 0 Å². The van der Waals surface area contributed by atoms with Gasteiger partial charge in [-0.25, -0.2) is 0 Å². The lowest BCUT2D eigenvalue weighted by Gasteiger charge is -2.22. The summed E-state index contributed by atoms with van der Waals surface area (Å²) in [5.74, 6) is -1.94. The standard InChI is InChI=1S/C10H18O7/c1-10(15,6-16-4-2-8(11)12)7-17-5-3-9(13)14/h15H,2-7H2,1H3,(H,11,12)(H,13,14). The third-order valence-corrected chi connectivity index (χ3v) is 1.75. The van der Waals surface area contributed by atoms with E-state index < -0.39 is 17.5 Å². The lowest BCUT2D eigenvalue weighted by atomic mass is 10.1. The maximum atomic E-state index is 10.2. The minimum atomic E-state index is -1.25. The molecule has 0 radical (unpaired) electrons. The Bertz CT molecular complexity index is 225. The van der Waals surface area contributed by atoms with E-state index in [1.807, 2.05) is 0 Å². The topological polar surface area (TPSA) is 113 Å². The van der Waals surface area contributed by atoms with E-state index in [4.69, 9.17) is 19.7 Å². The minimum absolute atomic E-state index is 0.0145. The molecule has 0 amide bonds. The SMILES string of the molecule is CC(O)(COCCC(=O)O)COCCC(=O)O. The van der Waals surface area contributed by atoms with Gasteiger partial charge in [0.15, 0.2) is 0 Å². The molecule has 100 valence electrons. The van der Waals surface area contributed by atoms with Gasteiger partial charge in [0.05, 0.1) is 39.3 Å². The maximum absolute atomic E-state index is 10.2. The summed E-state index contributed by atoms with van der Waals surface area (Å²) in [7, 11) is 0. The smallest absolute Gasteiger partial charge is 0.305 e. The number of rotatable bonds is 10. The van der Waals surface area contributed by atoms with E-state index in [1.54, 1.807) is 0 Å². The lowest BCUT2D eigenvalue weighted by molar-refractivity contribution is -0.140. The first kappa shape index (κ1) is 15.8. The zero-order valence-corrected chi connectivity index (χ0v) is 9.72. The molecule has 0 aromatic heterocycles. The number of aliphatic hydroxyl groups is 1. The summed E-state index contributed by atoms with van der Waals surface area (Å²) in [6, 6.07) is 0. The van der Waals surface area contributed by atoms with Gasteiger partial charge in [0.2, 0.25) is 0 Å². The van der Waals surface area contributed by atoms with Gasteiger partial charge in [-0.1, -0.05) is 0 Å². The molecule has 0 atom stereocenters. The largest absolute Gasteiger partial charge is 0.481 e. The van der Waals surface area contributed by atoms with Crippen LogP contribution in [0.4, 0.5) is 0 Å². The van der Waals surface area contributed by atoms with Crippen LogP contribution in [0, 0.1) is 0 Å². The van der Waals surface area contributed by atoms with Gasteiger partial charge in [-0.2, -0.15) is 0 Å². The van der Waals surface area contributed by atoms with Crippen LogP contribution in [0.25, 0.3) is 0 Å². The summed E-state index contributed by atoms with van der Waals surface area (Å²) in [4.78, 5) is 20.4. The van der Waals surface area contributed by atoms with Gasteiger partial charge < -0.3 is 24.8 Å². The monoisotopic (exact) mass is 250 g/mol. The average molecular weight is 250 g/mol. The van der Waals surface area contributed by atoms with Crippen molar-refractivity contribution in [1.29, 1.82) is 0 Å². The van der Waals surface area contributed by atoms with Gasteiger partial charge in [-0.15, -0.1) is 0 Å². The zero-order valence-electron chi connectivity index (χ0n) is 9.72. The van der Waals surface area contributed by atoms with E-state index in [0.717, 1.165) is 0 Å². The highest BCUT2D eigenvalue weighted by atomic mass is 16.5. The van der Waals surface area contributed by atoms with E-state index in [2.05, 4.69) is 0 Å². The first-order chi connectivity index (χ1) is 7.83. The summed E-state index contributed by atoms with van der Waals surface area (Å²) >= 11 is 0. The molecule has 7 heteroatoms. The van der Waals surface area contributed by atoms with E-state index in [1.165, 1.54) is 6.92 Å². The second kappa shape index (κ2) is 7.99. The van der Waals surface area contributed by atoms with Crippen molar-refractivity contribution in [3.8, 4) is 0 Å². The Morgan fingerprint density at radius 2 is 1.35 bits per heavy atom. The first-order valence-corrected chi connectivity index (χ1v) is 5.15. The Balaban J connectivity index is 3.57. The van der Waals surface area contributed by atoms with Crippen molar-refractivity contribution in [2.75, 3.05) is 26.4 Å². The van der Waals surface area contributed by atoms with Crippen molar-refractivity contribution in [2.45, 2.75) is 25.4 Å². The molecule has 0 aliphatic carbocycles. The molecule has 0 aromatic rings. The summed E-state index contributed by atoms with van der Waals surface area (Å²) in [5.41, 5.74) is -1.25. The highest BCUT2D eigenvalue weighted by Crippen LogP contribution is 2.05. The molecule has 0 heterocycles. The number of carboxylic acid groups (broad SMARTS) is 2. The molecular weight excluding hydrogens is 232 g/mol. The molecule has 0 spiro atoms. The summed E-state index contributed by atoms with van der Waals surface area (Å²) < 4.78 is 9.92. The fourth-order valence-electron chi connectivity index (χ4n) is 0.945. The van der Waals surface area contributed by atoms with Crippen LogP contribution in [0.5, 0.6) is 0 Å². The third-order valence-electron chi connectivity index (χ3n) is 1.75. The van der Waals surface area contributed by atoms with Crippen molar-refractivity contribution < 1.29 is 34.4 Å². The Hall–Kier alpha value is -1.18. The van der Waals surface area contributed by atoms with Crippen LogP contribution >= 0.6 is 0 Å². The van der Waals surface area contributed by atoms with Crippen molar-refractivity contribution in [1.82, 2.24) is 0 Å². The molecule has 0 bridgehead atoms. The molecule has 0 unspecified atom stereocenters. The van der Waals surface area contributed by atoms with Crippen LogP contribution in [0.3, 0.4) is 0 Å². The van der Waals surface area contributed by atoms with Crippen LogP contribution in [-0.4, -0.2) is 59.3 Å². The molecule has 0 saturated heterocycles. The molecule has 3 N–H and O–H groups in total. The molecule has 17 heavy (non-hydrogen) atoms. The first-order valence-electron chi connectivity index (χ1n) is 5.15. The fraction of sp³-hybridized carbons (Fsp3) is 0.800. The summed E-state index contributed by atoms with van der Waals surface area (Å²) in [6.07, 6.45) is -0.258. The molecule has 0 saturated carbocycles. The van der Waals surface area contributed by atoms with Gasteiger partial charge in [-0.3, -0.25) is 9.59 Å². The number of hydrogen-bond acceptors (Lipinski definition) is 5. The second-order valence-electron chi connectivity index (χ2n) is 3.89. The Kier molecular flexibility index (Phi) is 7.44. The second-order valence-corrected chi connectivity index (χ2v) is 3.89. The number of carbonyl (C=O) groups is 2.